The van der Waals surface area contributed by atoms with E-state index in [0.717, 1.165) is 0 Å². The second-order valence-electron chi connectivity index (χ2n) is 4.20. The van der Waals surface area contributed by atoms with Crippen molar-refractivity contribution in [2.75, 3.05) is 5.75 Å². The van der Waals surface area contributed by atoms with Crippen LogP contribution < -0.4 is 0 Å². The third-order valence-corrected chi connectivity index (χ3v) is 4.45. The van der Waals surface area contributed by atoms with E-state index in [1.807, 2.05) is 0 Å². The molecule has 17 heavy (non-hydrogen) atoms. The summed E-state index contributed by atoms with van der Waals surface area (Å²) in [5, 5.41) is 0. The van der Waals surface area contributed by atoms with Crippen molar-refractivity contribution < 1.29 is 17.9 Å². The Kier molecular flexibility index (Phi) is 3.31. The van der Waals surface area contributed by atoms with Gasteiger partial charge in [-0.25, -0.2) is 8.42 Å². The SMILES string of the molecule is C[C@@H]1CC(=O)[C@H](CS(=O)(=O)c2ccccc2)O1. The number of carbonyl (C=O) groups excluding carboxylic acids is 1. The highest BCUT2D eigenvalue weighted by molar-refractivity contribution is 7.91. The number of carbonyl (C=O) groups is 1. The standard InChI is InChI=1S/C12H14O4S/c1-9-7-11(13)12(16-9)8-17(14,15)10-5-3-2-4-6-10/h2-6,9,12H,7-8H2,1H3/t9-,12+/m1/s1. The highest BCUT2D eigenvalue weighted by atomic mass is 32.2. The molecule has 1 aliphatic heterocycles. The highest BCUT2D eigenvalue weighted by Crippen LogP contribution is 2.20. The van der Waals surface area contributed by atoms with Gasteiger partial charge in [-0.1, -0.05) is 18.2 Å². The Hall–Kier alpha value is -1.20. The Morgan fingerprint density at radius 2 is 1.94 bits per heavy atom. The molecule has 0 aromatic heterocycles. The van der Waals surface area contributed by atoms with Gasteiger partial charge in [0.2, 0.25) is 0 Å². The van der Waals surface area contributed by atoms with Crippen LogP contribution in [-0.2, 0) is 19.4 Å². The Morgan fingerprint density at radius 3 is 2.47 bits per heavy atom. The van der Waals surface area contributed by atoms with Crippen molar-refractivity contribution >= 4 is 15.6 Å². The summed E-state index contributed by atoms with van der Waals surface area (Å²) >= 11 is 0. The van der Waals surface area contributed by atoms with E-state index in [1.54, 1.807) is 25.1 Å². The first-order valence-corrected chi connectivity index (χ1v) is 7.10. The van der Waals surface area contributed by atoms with Gasteiger partial charge in [-0.2, -0.15) is 0 Å². The summed E-state index contributed by atoms with van der Waals surface area (Å²) < 4.78 is 29.3. The average molecular weight is 254 g/mol. The summed E-state index contributed by atoms with van der Waals surface area (Å²) in [5.41, 5.74) is 0. The molecule has 0 unspecified atom stereocenters. The van der Waals surface area contributed by atoms with Crippen LogP contribution in [-0.4, -0.2) is 32.2 Å². The van der Waals surface area contributed by atoms with Crippen LogP contribution in [0.3, 0.4) is 0 Å². The monoisotopic (exact) mass is 254 g/mol. The van der Waals surface area contributed by atoms with E-state index in [0.29, 0.717) is 6.42 Å². The van der Waals surface area contributed by atoms with Crippen molar-refractivity contribution in [3.8, 4) is 0 Å². The minimum atomic E-state index is -3.45. The van der Waals surface area contributed by atoms with Crippen molar-refractivity contribution in [3.05, 3.63) is 30.3 Å². The molecule has 0 aliphatic carbocycles. The minimum Gasteiger partial charge on any atom is -0.366 e. The highest BCUT2D eigenvalue weighted by Gasteiger charge is 2.34. The van der Waals surface area contributed by atoms with Crippen LogP contribution >= 0.6 is 0 Å². The molecule has 0 saturated carbocycles. The third kappa shape index (κ3) is 2.73. The zero-order valence-electron chi connectivity index (χ0n) is 9.50. The van der Waals surface area contributed by atoms with E-state index in [4.69, 9.17) is 4.74 Å². The molecule has 1 saturated heterocycles. The lowest BCUT2D eigenvalue weighted by Crippen LogP contribution is -2.26. The van der Waals surface area contributed by atoms with Gasteiger partial charge in [-0.15, -0.1) is 0 Å². The summed E-state index contributed by atoms with van der Waals surface area (Å²) in [6, 6.07) is 8.12. The quantitative estimate of drug-likeness (QED) is 0.813. The Labute approximate surface area is 101 Å². The number of sulfone groups is 1. The molecular weight excluding hydrogens is 240 g/mol. The maximum absolute atomic E-state index is 12.0. The van der Waals surface area contributed by atoms with Gasteiger partial charge < -0.3 is 4.74 Å². The molecule has 1 fully saturated rings. The van der Waals surface area contributed by atoms with Crippen LogP contribution in [0.25, 0.3) is 0 Å². The minimum absolute atomic E-state index is 0.128. The molecule has 0 spiro atoms. The first-order chi connectivity index (χ1) is 7.99. The molecule has 2 rings (SSSR count). The summed E-state index contributed by atoms with van der Waals surface area (Å²) in [5.74, 6) is -0.391. The van der Waals surface area contributed by atoms with E-state index in [2.05, 4.69) is 0 Å². The average Bonchev–Trinajstić information content (AvgIpc) is 2.58. The zero-order valence-corrected chi connectivity index (χ0v) is 10.3. The van der Waals surface area contributed by atoms with Crippen LogP contribution in [0.4, 0.5) is 0 Å². The predicted molar refractivity (Wildman–Crippen MR) is 62.5 cm³/mol. The number of benzene rings is 1. The number of ether oxygens (including phenoxy) is 1. The maximum atomic E-state index is 12.0. The van der Waals surface area contributed by atoms with Crippen molar-refractivity contribution in [1.82, 2.24) is 0 Å². The Balaban J connectivity index is 2.16. The molecule has 0 N–H and O–H groups in total. The number of rotatable bonds is 3. The molecule has 1 heterocycles. The summed E-state index contributed by atoms with van der Waals surface area (Å²) in [7, 11) is -3.45. The van der Waals surface area contributed by atoms with Gasteiger partial charge in [0, 0.05) is 6.42 Å². The van der Waals surface area contributed by atoms with E-state index < -0.39 is 15.9 Å². The van der Waals surface area contributed by atoms with E-state index >= 15 is 0 Å². The van der Waals surface area contributed by atoms with Crippen molar-refractivity contribution in [2.24, 2.45) is 0 Å². The molecule has 1 aliphatic rings. The van der Waals surface area contributed by atoms with Gasteiger partial charge in [0.15, 0.2) is 15.6 Å². The fraction of sp³-hybridized carbons (Fsp3) is 0.417. The lowest BCUT2D eigenvalue weighted by Gasteiger charge is -2.10. The van der Waals surface area contributed by atoms with Crippen molar-refractivity contribution in [3.63, 3.8) is 0 Å². The Morgan fingerprint density at radius 1 is 1.29 bits per heavy atom. The van der Waals surface area contributed by atoms with Gasteiger partial charge in [0.1, 0.15) is 6.10 Å². The molecule has 0 radical (unpaired) electrons. The number of Topliss-reactive ketones (excluding diaryl/α,β-unsaturated/α-hetero) is 1. The Bertz CT molecular complexity index is 507. The lowest BCUT2D eigenvalue weighted by molar-refractivity contribution is -0.121. The van der Waals surface area contributed by atoms with Crippen molar-refractivity contribution in [2.45, 2.75) is 30.4 Å². The predicted octanol–water partition coefficient (Wildman–Crippen LogP) is 1.21. The summed E-state index contributed by atoms with van der Waals surface area (Å²) in [4.78, 5) is 11.7. The molecule has 92 valence electrons. The van der Waals surface area contributed by atoms with Gasteiger partial charge in [-0.3, -0.25) is 4.79 Å². The summed E-state index contributed by atoms with van der Waals surface area (Å²) in [6.07, 6.45) is -0.691. The number of ketones is 1. The van der Waals surface area contributed by atoms with Crippen LogP contribution in [0, 0.1) is 0 Å². The smallest absolute Gasteiger partial charge is 0.181 e. The second kappa shape index (κ2) is 4.58. The lowest BCUT2D eigenvalue weighted by atomic mass is 10.2. The first kappa shape index (κ1) is 12.3. The van der Waals surface area contributed by atoms with Gasteiger partial charge in [0.05, 0.1) is 16.8 Å². The van der Waals surface area contributed by atoms with Crippen LogP contribution in [0.5, 0.6) is 0 Å². The molecule has 0 bridgehead atoms. The largest absolute Gasteiger partial charge is 0.366 e. The van der Waals surface area contributed by atoms with Crippen LogP contribution in [0.15, 0.2) is 35.2 Å². The second-order valence-corrected chi connectivity index (χ2v) is 6.23. The normalized spacial score (nSPS) is 25.1. The topological polar surface area (TPSA) is 60.4 Å². The summed E-state index contributed by atoms with van der Waals surface area (Å²) in [6.45, 7) is 1.77. The molecule has 2 atom stereocenters. The van der Waals surface area contributed by atoms with E-state index in [1.165, 1.54) is 12.1 Å². The van der Waals surface area contributed by atoms with Crippen molar-refractivity contribution in [1.29, 1.82) is 0 Å². The molecular formula is C12H14O4S. The number of hydrogen-bond acceptors (Lipinski definition) is 4. The molecule has 5 heteroatoms. The third-order valence-electron chi connectivity index (χ3n) is 2.72. The fourth-order valence-electron chi connectivity index (χ4n) is 1.87. The molecule has 1 aromatic carbocycles. The first-order valence-electron chi connectivity index (χ1n) is 5.45. The number of hydrogen-bond donors (Lipinski definition) is 0. The van der Waals surface area contributed by atoms with Gasteiger partial charge in [-0.05, 0) is 19.1 Å². The zero-order chi connectivity index (χ0) is 12.5. The molecule has 0 amide bonds. The fourth-order valence-corrected chi connectivity index (χ4v) is 3.30. The van der Waals surface area contributed by atoms with Gasteiger partial charge >= 0.3 is 0 Å². The molecule has 1 aromatic rings. The maximum Gasteiger partial charge on any atom is 0.181 e. The van der Waals surface area contributed by atoms with Crippen LogP contribution in [0.1, 0.15) is 13.3 Å². The molecule has 4 nitrogen and oxygen atoms in total. The van der Waals surface area contributed by atoms with E-state index in [9.17, 15) is 13.2 Å². The van der Waals surface area contributed by atoms with Gasteiger partial charge in [0.25, 0.3) is 0 Å². The van der Waals surface area contributed by atoms with Crippen LogP contribution in [0.2, 0.25) is 0 Å². The van der Waals surface area contributed by atoms with E-state index in [-0.39, 0.29) is 22.5 Å².